The number of nitrogens with one attached hydrogen (secondary N) is 1. The van der Waals surface area contributed by atoms with Gasteiger partial charge in [0.2, 0.25) is 5.91 Å². The zero-order valence-corrected chi connectivity index (χ0v) is 35.7. The van der Waals surface area contributed by atoms with Gasteiger partial charge in [0.25, 0.3) is 0 Å². The molecule has 4 atom stereocenters. The van der Waals surface area contributed by atoms with Crippen LogP contribution in [0.25, 0.3) is 0 Å². The van der Waals surface area contributed by atoms with Crippen LogP contribution in [0.15, 0.2) is 36.5 Å². The van der Waals surface area contributed by atoms with Gasteiger partial charge in [-0.1, -0.05) is 192 Å². The van der Waals surface area contributed by atoms with Crippen molar-refractivity contribution in [3.05, 3.63) is 36.5 Å². The van der Waals surface area contributed by atoms with Crippen LogP contribution in [0.1, 0.15) is 232 Å². The number of allylic oxidation sites excluding steroid dienone is 6. The summed E-state index contributed by atoms with van der Waals surface area (Å²) in [4.78, 5) is 12.5. The van der Waals surface area contributed by atoms with Gasteiger partial charge in [-0.3, -0.25) is 4.79 Å². The first kappa shape index (κ1) is 52.5. The molecule has 0 radical (unpaired) electrons. The molecule has 318 valence electrons. The molecule has 0 aromatic rings. The number of unbranched alkanes of at least 4 members (excludes halogenated alkanes) is 27. The quantitative estimate of drug-likeness (QED) is 0.0314. The summed E-state index contributed by atoms with van der Waals surface area (Å²) in [5.74, 6) is -0.603. The zero-order chi connectivity index (χ0) is 39.6. The van der Waals surface area contributed by atoms with E-state index >= 15 is 0 Å². The van der Waals surface area contributed by atoms with Crippen LogP contribution in [0.5, 0.6) is 0 Å². The predicted octanol–water partition coefficient (Wildman–Crippen LogP) is 12.5. The Morgan fingerprint density at radius 2 is 0.778 bits per heavy atom. The van der Waals surface area contributed by atoms with Crippen molar-refractivity contribution in [2.45, 2.75) is 257 Å². The van der Waals surface area contributed by atoms with Gasteiger partial charge < -0.3 is 25.7 Å². The van der Waals surface area contributed by atoms with Gasteiger partial charge >= 0.3 is 0 Å². The highest BCUT2D eigenvalue weighted by molar-refractivity contribution is 5.80. The van der Waals surface area contributed by atoms with Crippen LogP contribution >= 0.6 is 0 Å². The Balaban J connectivity index is 3.76. The van der Waals surface area contributed by atoms with E-state index < -0.39 is 36.9 Å². The van der Waals surface area contributed by atoms with Gasteiger partial charge in [0.05, 0.1) is 18.8 Å². The van der Waals surface area contributed by atoms with Crippen LogP contribution < -0.4 is 5.32 Å². The highest BCUT2D eigenvalue weighted by Crippen LogP contribution is 2.15. The molecule has 0 aromatic heterocycles. The Bertz CT molecular complexity index is 858. The molecule has 6 heteroatoms. The van der Waals surface area contributed by atoms with Crippen molar-refractivity contribution >= 4 is 5.91 Å². The van der Waals surface area contributed by atoms with Crippen molar-refractivity contribution in [2.75, 3.05) is 6.61 Å². The number of hydrogen-bond donors (Lipinski definition) is 5. The molecule has 0 spiro atoms. The molecular formula is C48H91NO5. The molecule has 0 aliphatic carbocycles. The number of rotatable bonds is 42. The highest BCUT2D eigenvalue weighted by Gasteiger charge is 2.28. The Hall–Kier alpha value is -1.47. The minimum absolute atomic E-state index is 0.352. The zero-order valence-electron chi connectivity index (χ0n) is 35.7. The first-order chi connectivity index (χ1) is 26.5. The fourth-order valence-corrected chi connectivity index (χ4v) is 7.06. The van der Waals surface area contributed by atoms with Gasteiger partial charge in [0, 0.05) is 0 Å². The number of aliphatic hydroxyl groups excluding tert-OH is 4. The molecule has 1 amide bonds. The minimum atomic E-state index is -1.29. The van der Waals surface area contributed by atoms with Crippen LogP contribution in [-0.2, 0) is 4.79 Å². The summed E-state index contributed by atoms with van der Waals surface area (Å²) < 4.78 is 0. The Kier molecular flexibility index (Phi) is 41.5. The molecular weight excluding hydrogens is 671 g/mol. The summed E-state index contributed by atoms with van der Waals surface area (Å²) in [6.07, 6.45) is 50.4. The van der Waals surface area contributed by atoms with Crippen LogP contribution in [-0.4, -0.2) is 57.3 Å². The van der Waals surface area contributed by atoms with E-state index in [0.29, 0.717) is 19.3 Å². The molecule has 0 rings (SSSR count). The van der Waals surface area contributed by atoms with Crippen LogP contribution in [0.4, 0.5) is 0 Å². The topological polar surface area (TPSA) is 110 Å². The van der Waals surface area contributed by atoms with Gasteiger partial charge in [-0.15, -0.1) is 0 Å². The molecule has 0 aliphatic heterocycles. The number of carbonyl (C=O) groups excluding carboxylic acids is 1. The normalized spacial score (nSPS) is 14.4. The number of aliphatic hydroxyl groups is 4. The molecule has 0 fully saturated rings. The predicted molar refractivity (Wildman–Crippen MR) is 233 cm³/mol. The summed E-state index contributed by atoms with van der Waals surface area (Å²) in [5, 5.41) is 43.7. The Morgan fingerprint density at radius 3 is 1.19 bits per heavy atom. The van der Waals surface area contributed by atoms with E-state index in [-0.39, 0.29) is 0 Å². The Morgan fingerprint density at radius 1 is 0.444 bits per heavy atom. The van der Waals surface area contributed by atoms with Crippen molar-refractivity contribution < 1.29 is 25.2 Å². The lowest BCUT2D eigenvalue weighted by atomic mass is 10.00. The molecule has 0 saturated heterocycles. The molecule has 0 bridgehead atoms. The van der Waals surface area contributed by atoms with E-state index in [1.165, 1.54) is 148 Å². The second-order valence-electron chi connectivity index (χ2n) is 16.1. The van der Waals surface area contributed by atoms with Crippen LogP contribution in [0.3, 0.4) is 0 Å². The fourth-order valence-electron chi connectivity index (χ4n) is 7.06. The van der Waals surface area contributed by atoms with Gasteiger partial charge in [-0.2, -0.15) is 0 Å². The molecule has 6 nitrogen and oxygen atoms in total. The van der Waals surface area contributed by atoms with Crippen molar-refractivity contribution in [3.63, 3.8) is 0 Å². The summed E-state index contributed by atoms with van der Waals surface area (Å²) in [7, 11) is 0. The SMILES string of the molecule is CCCCCC/C=C\CCCCCCCCC(O)C(=O)NC(CO)C(O)C(O)CCC/C=C/CC/C=C/CCCCCCCCCCCCCCCCC. The maximum Gasteiger partial charge on any atom is 0.249 e. The van der Waals surface area contributed by atoms with Crippen molar-refractivity contribution in [1.82, 2.24) is 5.32 Å². The second kappa shape index (κ2) is 42.7. The second-order valence-corrected chi connectivity index (χ2v) is 16.1. The van der Waals surface area contributed by atoms with E-state index in [4.69, 9.17) is 0 Å². The third-order valence-electron chi connectivity index (χ3n) is 10.8. The van der Waals surface area contributed by atoms with Crippen molar-refractivity contribution in [3.8, 4) is 0 Å². The first-order valence-corrected chi connectivity index (χ1v) is 23.4. The molecule has 0 saturated carbocycles. The van der Waals surface area contributed by atoms with E-state index in [1.807, 2.05) is 0 Å². The summed E-state index contributed by atoms with van der Waals surface area (Å²) in [6.45, 7) is 4.02. The summed E-state index contributed by atoms with van der Waals surface area (Å²) in [6, 6.07) is -1.01. The van der Waals surface area contributed by atoms with Gasteiger partial charge in [-0.25, -0.2) is 0 Å². The molecule has 0 heterocycles. The third kappa shape index (κ3) is 36.2. The standard InChI is InChI=1S/C48H91NO5/c1-3-5-7-9-11-13-15-17-19-20-21-22-23-24-25-26-27-28-30-31-33-35-37-39-41-45(51)47(53)44(43-50)49-48(54)46(52)42-40-38-36-34-32-29-18-16-14-12-10-8-6-4-2/h14,16,27-28,33,35,44-47,50-53H,3-13,15,17-26,29-32,34,36-43H2,1-2H3,(H,49,54)/b16-14-,28-27+,35-33+. The number of hydrogen-bond acceptors (Lipinski definition) is 5. The van der Waals surface area contributed by atoms with Crippen molar-refractivity contribution in [2.24, 2.45) is 0 Å². The van der Waals surface area contributed by atoms with Gasteiger partial charge in [-0.05, 0) is 77.0 Å². The molecule has 54 heavy (non-hydrogen) atoms. The first-order valence-electron chi connectivity index (χ1n) is 23.4. The molecule has 5 N–H and O–H groups in total. The fraction of sp³-hybridized carbons (Fsp3) is 0.854. The third-order valence-corrected chi connectivity index (χ3v) is 10.8. The monoisotopic (exact) mass is 762 g/mol. The lowest BCUT2D eigenvalue weighted by Gasteiger charge is -2.27. The van der Waals surface area contributed by atoms with E-state index in [9.17, 15) is 25.2 Å². The highest BCUT2D eigenvalue weighted by atomic mass is 16.3. The largest absolute Gasteiger partial charge is 0.394 e. The van der Waals surface area contributed by atoms with Gasteiger partial charge in [0.15, 0.2) is 0 Å². The average molecular weight is 762 g/mol. The summed E-state index contributed by atoms with van der Waals surface area (Å²) >= 11 is 0. The van der Waals surface area contributed by atoms with Crippen LogP contribution in [0.2, 0.25) is 0 Å². The van der Waals surface area contributed by atoms with E-state index in [0.717, 1.165) is 51.4 Å². The number of carbonyl (C=O) groups is 1. The smallest absolute Gasteiger partial charge is 0.249 e. The minimum Gasteiger partial charge on any atom is -0.394 e. The average Bonchev–Trinajstić information content (AvgIpc) is 3.18. The molecule has 0 aliphatic rings. The molecule has 4 unspecified atom stereocenters. The maximum absolute atomic E-state index is 12.5. The van der Waals surface area contributed by atoms with Crippen molar-refractivity contribution in [1.29, 1.82) is 0 Å². The Labute approximate surface area is 335 Å². The van der Waals surface area contributed by atoms with E-state index in [1.54, 1.807) is 0 Å². The maximum atomic E-state index is 12.5. The van der Waals surface area contributed by atoms with E-state index in [2.05, 4.69) is 55.6 Å². The molecule has 0 aromatic carbocycles. The van der Waals surface area contributed by atoms with Crippen LogP contribution in [0, 0.1) is 0 Å². The lowest BCUT2D eigenvalue weighted by Crippen LogP contribution is -2.53. The lowest BCUT2D eigenvalue weighted by molar-refractivity contribution is -0.132. The number of amides is 1. The summed E-state index contributed by atoms with van der Waals surface area (Å²) in [5.41, 5.74) is 0. The van der Waals surface area contributed by atoms with Gasteiger partial charge in [0.1, 0.15) is 12.2 Å².